The van der Waals surface area contributed by atoms with Crippen LogP contribution >= 0.6 is 11.6 Å². The van der Waals surface area contributed by atoms with Gasteiger partial charge in [-0.05, 0) is 43.7 Å². The SMILES string of the molecule is Cc1nn(Cc2ccc(Cl)cc2)c(C)c1C(=O)NCCc1ccccn1. The fourth-order valence-corrected chi connectivity index (χ4v) is 3.01. The van der Waals surface area contributed by atoms with Crippen molar-refractivity contribution in [2.75, 3.05) is 6.54 Å². The molecule has 0 saturated carbocycles. The molecule has 134 valence electrons. The number of pyridine rings is 1. The molecule has 0 aliphatic rings. The number of rotatable bonds is 6. The molecule has 2 aromatic heterocycles. The molecule has 0 saturated heterocycles. The maximum Gasteiger partial charge on any atom is 0.255 e. The van der Waals surface area contributed by atoms with Crippen LogP contribution in [0.4, 0.5) is 0 Å². The maximum absolute atomic E-state index is 12.6. The summed E-state index contributed by atoms with van der Waals surface area (Å²) in [5.74, 6) is -0.0988. The quantitative estimate of drug-likeness (QED) is 0.723. The predicted molar refractivity (Wildman–Crippen MR) is 103 cm³/mol. The van der Waals surface area contributed by atoms with E-state index in [1.807, 2.05) is 61.0 Å². The van der Waals surface area contributed by atoms with Crippen molar-refractivity contribution >= 4 is 17.5 Å². The number of aromatic nitrogens is 3. The highest BCUT2D eigenvalue weighted by atomic mass is 35.5. The van der Waals surface area contributed by atoms with Gasteiger partial charge < -0.3 is 5.32 Å². The van der Waals surface area contributed by atoms with E-state index in [0.717, 1.165) is 22.6 Å². The minimum absolute atomic E-state index is 0.0988. The molecule has 2 heterocycles. The summed E-state index contributed by atoms with van der Waals surface area (Å²) in [5.41, 5.74) is 4.27. The standard InChI is InChI=1S/C20H21ClN4O/c1-14-19(20(26)23-12-10-18-5-3-4-11-22-18)15(2)25(24-14)13-16-6-8-17(21)9-7-16/h3-9,11H,10,12-13H2,1-2H3,(H,23,26). The Morgan fingerprint density at radius 1 is 1.15 bits per heavy atom. The van der Waals surface area contributed by atoms with E-state index >= 15 is 0 Å². The van der Waals surface area contributed by atoms with Crippen LogP contribution in [0.1, 0.15) is 33.0 Å². The Balaban J connectivity index is 1.66. The summed E-state index contributed by atoms with van der Waals surface area (Å²) in [6, 6.07) is 13.4. The maximum atomic E-state index is 12.6. The summed E-state index contributed by atoms with van der Waals surface area (Å²) >= 11 is 5.93. The van der Waals surface area contributed by atoms with E-state index in [9.17, 15) is 4.79 Å². The molecule has 3 aromatic rings. The lowest BCUT2D eigenvalue weighted by Crippen LogP contribution is -2.27. The first kappa shape index (κ1) is 18.1. The van der Waals surface area contributed by atoms with Crippen LogP contribution in [0.15, 0.2) is 48.7 Å². The Kier molecular flexibility index (Phi) is 5.68. The van der Waals surface area contributed by atoms with Crippen molar-refractivity contribution in [3.05, 3.63) is 81.9 Å². The third kappa shape index (κ3) is 4.29. The third-order valence-electron chi connectivity index (χ3n) is 4.25. The molecule has 0 aliphatic carbocycles. The smallest absolute Gasteiger partial charge is 0.255 e. The monoisotopic (exact) mass is 368 g/mol. The largest absolute Gasteiger partial charge is 0.352 e. The number of nitrogens with one attached hydrogen (secondary N) is 1. The zero-order chi connectivity index (χ0) is 18.5. The molecule has 0 unspecified atom stereocenters. The van der Waals surface area contributed by atoms with E-state index < -0.39 is 0 Å². The second-order valence-corrected chi connectivity index (χ2v) is 6.59. The Labute approximate surface area is 158 Å². The second-order valence-electron chi connectivity index (χ2n) is 6.16. The van der Waals surface area contributed by atoms with E-state index in [0.29, 0.717) is 30.1 Å². The Morgan fingerprint density at radius 3 is 2.62 bits per heavy atom. The van der Waals surface area contributed by atoms with E-state index in [-0.39, 0.29) is 5.91 Å². The van der Waals surface area contributed by atoms with Crippen molar-refractivity contribution in [3.8, 4) is 0 Å². The van der Waals surface area contributed by atoms with Gasteiger partial charge in [-0.1, -0.05) is 29.8 Å². The predicted octanol–water partition coefficient (Wildman–Crippen LogP) is 3.57. The van der Waals surface area contributed by atoms with Gasteiger partial charge in [0, 0.05) is 35.6 Å². The fourth-order valence-electron chi connectivity index (χ4n) is 2.88. The molecule has 0 fully saturated rings. The van der Waals surface area contributed by atoms with Gasteiger partial charge in [-0.25, -0.2) is 0 Å². The zero-order valence-corrected chi connectivity index (χ0v) is 15.6. The van der Waals surface area contributed by atoms with Gasteiger partial charge in [-0.2, -0.15) is 5.10 Å². The summed E-state index contributed by atoms with van der Waals surface area (Å²) in [7, 11) is 0. The number of hydrogen-bond donors (Lipinski definition) is 1. The molecule has 0 atom stereocenters. The van der Waals surface area contributed by atoms with Crippen molar-refractivity contribution in [3.63, 3.8) is 0 Å². The first-order valence-electron chi connectivity index (χ1n) is 8.51. The van der Waals surface area contributed by atoms with Crippen LogP contribution < -0.4 is 5.32 Å². The van der Waals surface area contributed by atoms with Crippen molar-refractivity contribution in [2.45, 2.75) is 26.8 Å². The van der Waals surface area contributed by atoms with Crippen LogP contribution in [0.5, 0.6) is 0 Å². The molecule has 0 bridgehead atoms. The Hall–Kier alpha value is -2.66. The van der Waals surface area contributed by atoms with Gasteiger partial charge in [0.15, 0.2) is 0 Å². The summed E-state index contributed by atoms with van der Waals surface area (Å²) in [6.07, 6.45) is 2.45. The van der Waals surface area contributed by atoms with Gasteiger partial charge in [0.05, 0.1) is 17.8 Å². The lowest BCUT2D eigenvalue weighted by Gasteiger charge is -2.07. The third-order valence-corrected chi connectivity index (χ3v) is 4.50. The Morgan fingerprint density at radius 2 is 1.92 bits per heavy atom. The summed E-state index contributed by atoms with van der Waals surface area (Å²) in [5, 5.41) is 8.19. The number of carbonyl (C=O) groups excluding carboxylic acids is 1. The molecule has 1 N–H and O–H groups in total. The van der Waals surface area contributed by atoms with Gasteiger partial charge in [0.25, 0.3) is 5.91 Å². The molecule has 1 amide bonds. The minimum Gasteiger partial charge on any atom is -0.352 e. The average Bonchev–Trinajstić information content (AvgIpc) is 2.91. The van der Waals surface area contributed by atoms with Gasteiger partial charge in [0.2, 0.25) is 0 Å². The molecular weight excluding hydrogens is 348 g/mol. The van der Waals surface area contributed by atoms with Crippen molar-refractivity contribution in [1.29, 1.82) is 0 Å². The summed E-state index contributed by atoms with van der Waals surface area (Å²) < 4.78 is 1.85. The van der Waals surface area contributed by atoms with E-state index in [1.165, 1.54) is 0 Å². The van der Waals surface area contributed by atoms with Crippen LogP contribution in [-0.2, 0) is 13.0 Å². The molecule has 0 spiro atoms. The number of halogens is 1. The number of nitrogens with zero attached hydrogens (tertiary/aromatic N) is 3. The molecule has 5 nitrogen and oxygen atoms in total. The van der Waals surface area contributed by atoms with Gasteiger partial charge in [-0.15, -0.1) is 0 Å². The van der Waals surface area contributed by atoms with E-state index in [4.69, 9.17) is 11.6 Å². The fraction of sp³-hybridized carbons (Fsp3) is 0.250. The number of aryl methyl sites for hydroxylation is 1. The molecule has 3 rings (SSSR count). The van der Waals surface area contributed by atoms with E-state index in [2.05, 4.69) is 15.4 Å². The Bertz CT molecular complexity index is 888. The number of benzene rings is 1. The first-order chi connectivity index (χ1) is 12.5. The van der Waals surface area contributed by atoms with E-state index in [1.54, 1.807) is 6.20 Å². The van der Waals surface area contributed by atoms with Crippen LogP contribution in [0.25, 0.3) is 0 Å². The molecular formula is C20H21ClN4O. The van der Waals surface area contributed by atoms with Crippen molar-refractivity contribution in [1.82, 2.24) is 20.1 Å². The van der Waals surface area contributed by atoms with Crippen LogP contribution in [0.2, 0.25) is 5.02 Å². The normalized spacial score (nSPS) is 10.7. The average molecular weight is 369 g/mol. The van der Waals surface area contributed by atoms with Crippen LogP contribution in [0.3, 0.4) is 0 Å². The molecule has 0 radical (unpaired) electrons. The minimum atomic E-state index is -0.0988. The molecule has 26 heavy (non-hydrogen) atoms. The van der Waals surface area contributed by atoms with Crippen molar-refractivity contribution < 1.29 is 4.79 Å². The lowest BCUT2D eigenvalue weighted by atomic mass is 10.1. The van der Waals surface area contributed by atoms with Crippen LogP contribution in [-0.4, -0.2) is 27.2 Å². The van der Waals surface area contributed by atoms with Gasteiger partial charge in [-0.3, -0.25) is 14.5 Å². The highest BCUT2D eigenvalue weighted by Crippen LogP contribution is 2.16. The zero-order valence-electron chi connectivity index (χ0n) is 14.9. The number of carbonyl (C=O) groups is 1. The molecule has 0 aliphatic heterocycles. The number of hydrogen-bond acceptors (Lipinski definition) is 3. The number of amides is 1. The van der Waals surface area contributed by atoms with Crippen LogP contribution in [0, 0.1) is 13.8 Å². The highest BCUT2D eigenvalue weighted by Gasteiger charge is 2.18. The first-order valence-corrected chi connectivity index (χ1v) is 8.89. The topological polar surface area (TPSA) is 59.8 Å². The lowest BCUT2D eigenvalue weighted by molar-refractivity contribution is 0.0952. The van der Waals surface area contributed by atoms with Gasteiger partial charge in [0.1, 0.15) is 0 Å². The highest BCUT2D eigenvalue weighted by molar-refractivity contribution is 6.30. The molecule has 6 heteroatoms. The van der Waals surface area contributed by atoms with Gasteiger partial charge >= 0.3 is 0 Å². The summed E-state index contributed by atoms with van der Waals surface area (Å²) in [4.78, 5) is 16.8. The molecule has 1 aromatic carbocycles. The van der Waals surface area contributed by atoms with Crippen molar-refractivity contribution in [2.24, 2.45) is 0 Å². The second kappa shape index (κ2) is 8.15. The summed E-state index contributed by atoms with van der Waals surface area (Å²) in [6.45, 7) is 4.92.